The molecule has 1 aliphatic heterocycles. The second kappa shape index (κ2) is 9.00. The summed E-state index contributed by atoms with van der Waals surface area (Å²) < 4.78 is 20.0. The molecule has 2 aromatic heterocycles. The molecule has 168 valence electrons. The summed E-state index contributed by atoms with van der Waals surface area (Å²) in [6, 6.07) is 7.61. The van der Waals surface area contributed by atoms with Gasteiger partial charge in [0.2, 0.25) is 11.8 Å². The molecule has 32 heavy (non-hydrogen) atoms. The van der Waals surface area contributed by atoms with Gasteiger partial charge in [-0.2, -0.15) is 14.8 Å². The molecule has 0 fully saturated rings. The Balaban J connectivity index is 1.57. The molecule has 11 nitrogen and oxygen atoms in total. The number of nitrogens with two attached hydrogens (primary N) is 1. The minimum absolute atomic E-state index is 0.175. The number of aliphatic imine (C=N–C) groups is 1. The van der Waals surface area contributed by atoms with Gasteiger partial charge in [0.25, 0.3) is 0 Å². The van der Waals surface area contributed by atoms with Crippen molar-refractivity contribution in [2.24, 2.45) is 12.0 Å². The molecule has 1 aromatic carbocycles. The molecule has 0 aliphatic carbocycles. The lowest BCUT2D eigenvalue weighted by atomic mass is 10.1. The van der Waals surface area contributed by atoms with Crippen LogP contribution in [0.1, 0.15) is 24.0 Å². The summed E-state index contributed by atoms with van der Waals surface area (Å²) in [5.74, 6) is 3.28. The largest absolute Gasteiger partial charge is 0.493 e. The van der Waals surface area contributed by atoms with Crippen molar-refractivity contribution in [3.63, 3.8) is 0 Å². The van der Waals surface area contributed by atoms with Crippen molar-refractivity contribution in [3.05, 3.63) is 53.6 Å². The Morgan fingerprint density at radius 3 is 2.66 bits per heavy atom. The topological polar surface area (TPSA) is 127 Å². The second-order valence-corrected chi connectivity index (χ2v) is 7.25. The number of aromatic nitrogens is 5. The third-order valence-electron chi connectivity index (χ3n) is 4.80. The molecule has 3 heterocycles. The number of methoxy groups -OCH3 is 2. The Hall–Kier alpha value is -4.02. The molecule has 0 spiro atoms. The maximum Gasteiger partial charge on any atom is 0.240 e. The molecule has 1 aliphatic rings. The highest BCUT2D eigenvalue weighted by Crippen LogP contribution is 2.28. The van der Waals surface area contributed by atoms with Crippen LogP contribution in [0, 0.1) is 0 Å². The third kappa shape index (κ3) is 4.66. The lowest BCUT2D eigenvalue weighted by Gasteiger charge is -2.21. The first-order chi connectivity index (χ1) is 15.4. The highest BCUT2D eigenvalue weighted by Gasteiger charge is 2.20. The van der Waals surface area contributed by atoms with Crippen LogP contribution in [0.15, 0.2) is 41.5 Å². The van der Waals surface area contributed by atoms with Crippen LogP contribution >= 0.6 is 0 Å². The van der Waals surface area contributed by atoms with E-state index >= 15 is 0 Å². The maximum atomic E-state index is 5.93. The standard InChI is InChI=1S/C21H26N8O3/c1-13-23-19(11-20(24-13)32-12-15-7-8-28(2)26-15)29-18(25-21(22)27-29)10-14-5-6-16(30-3)17(9-14)31-4/h5-9,11,13,23H,10,12H2,1-4H3,(H2,22,27). The predicted octanol–water partition coefficient (Wildman–Crippen LogP) is 1.56. The second-order valence-electron chi connectivity index (χ2n) is 7.25. The molecule has 3 aromatic rings. The molecule has 0 radical (unpaired) electrons. The molecule has 0 saturated carbocycles. The fourth-order valence-corrected chi connectivity index (χ4v) is 3.36. The summed E-state index contributed by atoms with van der Waals surface area (Å²) in [6.45, 7) is 2.24. The Bertz CT molecular complexity index is 1160. The van der Waals surface area contributed by atoms with Crippen molar-refractivity contribution in [1.29, 1.82) is 0 Å². The first-order valence-corrected chi connectivity index (χ1v) is 10.0. The van der Waals surface area contributed by atoms with E-state index in [1.807, 2.05) is 44.4 Å². The summed E-state index contributed by atoms with van der Waals surface area (Å²) in [6.07, 6.45) is 3.91. The monoisotopic (exact) mass is 438 g/mol. The number of rotatable bonds is 7. The zero-order chi connectivity index (χ0) is 22.7. The Kier molecular flexibility index (Phi) is 5.97. The molecule has 3 N–H and O–H groups in total. The van der Waals surface area contributed by atoms with Crippen LogP contribution in [0.25, 0.3) is 5.82 Å². The molecular weight excluding hydrogens is 412 g/mol. The number of aryl methyl sites for hydroxylation is 1. The predicted molar refractivity (Wildman–Crippen MR) is 119 cm³/mol. The number of nitrogens with zero attached hydrogens (tertiary/aromatic N) is 6. The molecule has 0 amide bonds. The Labute approximate surface area is 185 Å². The zero-order valence-corrected chi connectivity index (χ0v) is 18.4. The van der Waals surface area contributed by atoms with Gasteiger partial charge < -0.3 is 25.3 Å². The van der Waals surface area contributed by atoms with Crippen LogP contribution < -0.4 is 20.5 Å². The minimum Gasteiger partial charge on any atom is -0.493 e. The zero-order valence-electron chi connectivity index (χ0n) is 18.4. The normalized spacial score (nSPS) is 15.6. The first kappa shape index (κ1) is 21.2. The fraction of sp³-hybridized carbons (Fsp3) is 0.333. The van der Waals surface area contributed by atoms with Gasteiger partial charge in [0.1, 0.15) is 24.4 Å². The molecule has 0 saturated heterocycles. The highest BCUT2D eigenvalue weighted by molar-refractivity contribution is 5.93. The van der Waals surface area contributed by atoms with Crippen LogP contribution in [0.2, 0.25) is 0 Å². The van der Waals surface area contributed by atoms with Crippen LogP contribution in [0.3, 0.4) is 0 Å². The average Bonchev–Trinajstić information content (AvgIpc) is 3.36. The van der Waals surface area contributed by atoms with Crippen LogP contribution in [-0.4, -0.2) is 50.8 Å². The first-order valence-electron chi connectivity index (χ1n) is 10.0. The Morgan fingerprint density at radius 2 is 1.94 bits per heavy atom. The van der Waals surface area contributed by atoms with Gasteiger partial charge >= 0.3 is 0 Å². The molecule has 1 atom stereocenters. The van der Waals surface area contributed by atoms with Crippen molar-refractivity contribution in [2.45, 2.75) is 26.1 Å². The van der Waals surface area contributed by atoms with E-state index in [4.69, 9.17) is 19.9 Å². The van der Waals surface area contributed by atoms with Gasteiger partial charge in [-0.25, -0.2) is 4.99 Å². The van der Waals surface area contributed by atoms with E-state index in [1.165, 1.54) is 0 Å². The summed E-state index contributed by atoms with van der Waals surface area (Å²) in [7, 11) is 5.07. The maximum absolute atomic E-state index is 5.93. The van der Waals surface area contributed by atoms with E-state index in [9.17, 15) is 0 Å². The summed E-state index contributed by atoms with van der Waals surface area (Å²) >= 11 is 0. The van der Waals surface area contributed by atoms with Gasteiger partial charge in [-0.05, 0) is 30.7 Å². The van der Waals surface area contributed by atoms with Crippen molar-refractivity contribution in [2.75, 3.05) is 20.0 Å². The van der Waals surface area contributed by atoms with Crippen molar-refractivity contribution >= 4 is 17.7 Å². The lowest BCUT2D eigenvalue weighted by molar-refractivity contribution is 0.284. The smallest absolute Gasteiger partial charge is 0.240 e. The molecule has 1 unspecified atom stereocenters. The van der Waals surface area contributed by atoms with Crippen molar-refractivity contribution in [1.82, 2.24) is 29.9 Å². The van der Waals surface area contributed by atoms with Crippen LogP contribution in [0.5, 0.6) is 11.5 Å². The van der Waals surface area contributed by atoms with E-state index in [2.05, 4.69) is 25.5 Å². The van der Waals surface area contributed by atoms with Gasteiger partial charge in [0.15, 0.2) is 11.5 Å². The molecular formula is C21H26N8O3. The van der Waals surface area contributed by atoms with Gasteiger partial charge in [-0.1, -0.05) is 6.07 Å². The summed E-state index contributed by atoms with van der Waals surface area (Å²) in [4.78, 5) is 8.90. The lowest BCUT2D eigenvalue weighted by Crippen LogP contribution is -2.32. The number of benzene rings is 1. The fourth-order valence-electron chi connectivity index (χ4n) is 3.36. The number of anilines is 1. The van der Waals surface area contributed by atoms with E-state index in [-0.39, 0.29) is 12.1 Å². The van der Waals surface area contributed by atoms with Crippen LogP contribution in [0.4, 0.5) is 5.95 Å². The van der Waals surface area contributed by atoms with E-state index in [0.717, 1.165) is 11.3 Å². The van der Waals surface area contributed by atoms with Gasteiger partial charge in [0.05, 0.1) is 19.9 Å². The van der Waals surface area contributed by atoms with Gasteiger partial charge in [-0.3, -0.25) is 4.68 Å². The number of hydrogen-bond donors (Lipinski definition) is 2. The summed E-state index contributed by atoms with van der Waals surface area (Å²) in [5, 5.41) is 12.0. The van der Waals surface area contributed by atoms with Gasteiger partial charge in [-0.15, -0.1) is 5.10 Å². The van der Waals surface area contributed by atoms with Crippen molar-refractivity contribution < 1.29 is 14.2 Å². The molecule has 11 heteroatoms. The quantitative estimate of drug-likeness (QED) is 0.569. The SMILES string of the molecule is COc1ccc(Cc2nc(N)nn2C2=CC(OCc3ccn(C)n3)=NC(C)N2)cc1OC. The highest BCUT2D eigenvalue weighted by atomic mass is 16.5. The number of ether oxygens (including phenoxy) is 3. The Morgan fingerprint density at radius 1 is 1.12 bits per heavy atom. The van der Waals surface area contributed by atoms with Crippen LogP contribution in [-0.2, 0) is 24.8 Å². The van der Waals surface area contributed by atoms with Crippen molar-refractivity contribution in [3.8, 4) is 11.5 Å². The summed E-state index contributed by atoms with van der Waals surface area (Å²) in [5.41, 5.74) is 7.72. The minimum atomic E-state index is -0.215. The number of nitrogens with one attached hydrogen (secondary N) is 1. The van der Waals surface area contributed by atoms with E-state index < -0.39 is 0 Å². The average molecular weight is 438 g/mol. The third-order valence-corrected chi connectivity index (χ3v) is 4.80. The van der Waals surface area contributed by atoms with Gasteiger partial charge in [0, 0.05) is 25.7 Å². The number of nitrogen functional groups attached to an aromatic ring is 1. The molecule has 0 bridgehead atoms. The number of hydrogen-bond acceptors (Lipinski definition) is 9. The van der Waals surface area contributed by atoms with E-state index in [0.29, 0.717) is 42.1 Å². The molecule has 4 rings (SSSR count). The van der Waals surface area contributed by atoms with E-state index in [1.54, 1.807) is 29.7 Å².